The molecule has 5 nitrogen and oxygen atoms in total. The summed E-state index contributed by atoms with van der Waals surface area (Å²) >= 11 is 0. The van der Waals surface area contributed by atoms with Crippen molar-refractivity contribution in [3.05, 3.63) is 47.0 Å². The molecule has 3 heterocycles. The van der Waals surface area contributed by atoms with Gasteiger partial charge in [-0.25, -0.2) is 4.98 Å². The maximum atomic E-state index is 4.46. The highest BCUT2D eigenvalue weighted by molar-refractivity contribution is 5.85. The number of halogens is 1. The van der Waals surface area contributed by atoms with Crippen molar-refractivity contribution >= 4 is 12.4 Å². The van der Waals surface area contributed by atoms with Crippen molar-refractivity contribution in [3.8, 4) is 0 Å². The number of hydrogen-bond acceptors (Lipinski definition) is 4. The molecular weight excluding hydrogens is 322 g/mol. The van der Waals surface area contributed by atoms with Crippen LogP contribution in [0, 0.1) is 25.7 Å². The molecule has 1 N–H and O–H groups in total. The van der Waals surface area contributed by atoms with Gasteiger partial charge in [-0.2, -0.15) is 5.10 Å². The Morgan fingerprint density at radius 1 is 1.17 bits per heavy atom. The van der Waals surface area contributed by atoms with Gasteiger partial charge in [0.2, 0.25) is 0 Å². The molecule has 1 aromatic carbocycles. The number of benzene rings is 1. The molecule has 1 aromatic heterocycles. The van der Waals surface area contributed by atoms with E-state index in [-0.39, 0.29) is 12.4 Å². The fourth-order valence-electron chi connectivity index (χ4n) is 4.53. The van der Waals surface area contributed by atoms with Gasteiger partial charge >= 0.3 is 0 Å². The highest BCUT2D eigenvalue weighted by Crippen LogP contribution is 2.44. The monoisotopic (exact) mass is 347 g/mol. The molecule has 0 spiro atoms. The van der Waals surface area contributed by atoms with Gasteiger partial charge in [-0.1, -0.05) is 24.3 Å². The Morgan fingerprint density at radius 3 is 2.67 bits per heavy atom. The average molecular weight is 348 g/mol. The van der Waals surface area contributed by atoms with Crippen molar-refractivity contribution in [1.82, 2.24) is 25.0 Å². The molecule has 0 radical (unpaired) electrons. The molecule has 0 aliphatic carbocycles. The van der Waals surface area contributed by atoms with Crippen LogP contribution in [0.15, 0.2) is 24.3 Å². The first-order chi connectivity index (χ1) is 11.1. The maximum absolute atomic E-state index is 4.46. The Balaban J connectivity index is 0.00000169. The molecule has 3 atom stereocenters. The number of nitrogens with zero attached hydrogens (tertiary/aromatic N) is 4. The van der Waals surface area contributed by atoms with E-state index in [2.05, 4.69) is 63.2 Å². The van der Waals surface area contributed by atoms with E-state index in [1.807, 2.05) is 6.92 Å². The third-order valence-corrected chi connectivity index (χ3v) is 5.49. The van der Waals surface area contributed by atoms with Crippen LogP contribution in [0.5, 0.6) is 0 Å². The zero-order valence-electron chi connectivity index (χ0n) is 14.6. The van der Waals surface area contributed by atoms with Gasteiger partial charge < -0.3 is 0 Å². The quantitative estimate of drug-likeness (QED) is 0.927. The number of hydrogen-bond donors (Lipinski definition) is 1. The van der Waals surface area contributed by atoms with Crippen molar-refractivity contribution < 1.29 is 0 Å². The smallest absolute Gasteiger partial charge is 0.164 e. The topological polar surface area (TPSA) is 48.1 Å². The van der Waals surface area contributed by atoms with E-state index < -0.39 is 0 Å². The Hall–Kier alpha value is -1.43. The highest BCUT2D eigenvalue weighted by Gasteiger charge is 2.46. The van der Waals surface area contributed by atoms with Crippen LogP contribution < -0.4 is 0 Å². The van der Waals surface area contributed by atoms with Gasteiger partial charge in [-0.3, -0.25) is 14.9 Å². The molecular formula is C18H26ClN5. The predicted molar refractivity (Wildman–Crippen MR) is 97.2 cm³/mol. The van der Waals surface area contributed by atoms with Gasteiger partial charge in [0.15, 0.2) is 5.82 Å². The Bertz CT molecular complexity index is 700. The molecule has 4 rings (SSSR count). The van der Waals surface area contributed by atoms with Crippen LogP contribution in [-0.4, -0.2) is 51.7 Å². The molecule has 130 valence electrons. The van der Waals surface area contributed by atoms with E-state index in [1.165, 1.54) is 17.7 Å². The van der Waals surface area contributed by atoms with Crippen LogP contribution in [0.4, 0.5) is 0 Å². The lowest BCUT2D eigenvalue weighted by atomic mass is 9.88. The normalized spacial score (nSPS) is 27.2. The summed E-state index contributed by atoms with van der Waals surface area (Å²) in [5.41, 5.74) is 2.91. The lowest BCUT2D eigenvalue weighted by Crippen LogP contribution is -2.29. The summed E-state index contributed by atoms with van der Waals surface area (Å²) in [4.78, 5) is 9.53. The molecule has 0 bridgehead atoms. The van der Waals surface area contributed by atoms with E-state index in [9.17, 15) is 0 Å². The second kappa shape index (κ2) is 6.82. The second-order valence-corrected chi connectivity index (χ2v) is 7.20. The number of aryl methyl sites for hydroxylation is 2. The standard InChI is InChI=1S/C18H25N5.ClH/c1-12-6-4-5-7-15(12)18-16-10-23(9-14(16)8-22(18)3)11-17-19-13(2)20-21-17;/h4-7,14,16,18H,8-11H2,1-3H3,(H,19,20,21);1H/t14-,16+,18-;/m0./s1. The predicted octanol–water partition coefficient (Wildman–Crippen LogP) is 2.58. The number of rotatable bonds is 3. The van der Waals surface area contributed by atoms with Gasteiger partial charge in [0.25, 0.3) is 0 Å². The van der Waals surface area contributed by atoms with Crippen LogP contribution in [0.25, 0.3) is 0 Å². The van der Waals surface area contributed by atoms with Crippen LogP contribution in [0.3, 0.4) is 0 Å². The molecule has 24 heavy (non-hydrogen) atoms. The largest absolute Gasteiger partial charge is 0.299 e. The van der Waals surface area contributed by atoms with Crippen LogP contribution in [0.2, 0.25) is 0 Å². The van der Waals surface area contributed by atoms with Crippen molar-refractivity contribution in [2.45, 2.75) is 26.4 Å². The summed E-state index contributed by atoms with van der Waals surface area (Å²) in [6.07, 6.45) is 0. The minimum atomic E-state index is 0. The van der Waals surface area contributed by atoms with Crippen molar-refractivity contribution in [2.75, 3.05) is 26.7 Å². The zero-order chi connectivity index (χ0) is 16.0. The van der Waals surface area contributed by atoms with Crippen molar-refractivity contribution in [2.24, 2.45) is 11.8 Å². The summed E-state index contributed by atoms with van der Waals surface area (Å²) in [6, 6.07) is 9.39. The third-order valence-electron chi connectivity index (χ3n) is 5.49. The molecule has 0 unspecified atom stereocenters. The fraction of sp³-hybridized carbons (Fsp3) is 0.556. The summed E-state index contributed by atoms with van der Waals surface area (Å²) < 4.78 is 0. The summed E-state index contributed by atoms with van der Waals surface area (Å²) in [5, 5.41) is 7.24. The van der Waals surface area contributed by atoms with Gasteiger partial charge in [0.05, 0.1) is 6.54 Å². The number of aromatic amines is 1. The van der Waals surface area contributed by atoms with Gasteiger partial charge in [0.1, 0.15) is 5.82 Å². The molecule has 6 heteroatoms. The van der Waals surface area contributed by atoms with Crippen molar-refractivity contribution in [1.29, 1.82) is 0 Å². The summed E-state index contributed by atoms with van der Waals surface area (Å²) in [5.74, 6) is 3.28. The summed E-state index contributed by atoms with van der Waals surface area (Å²) in [6.45, 7) is 8.54. The highest BCUT2D eigenvalue weighted by atomic mass is 35.5. The molecule has 0 amide bonds. The maximum Gasteiger partial charge on any atom is 0.164 e. The minimum Gasteiger partial charge on any atom is -0.299 e. The van der Waals surface area contributed by atoms with E-state index in [0.717, 1.165) is 37.2 Å². The second-order valence-electron chi connectivity index (χ2n) is 7.20. The van der Waals surface area contributed by atoms with Gasteiger partial charge in [0, 0.05) is 25.7 Å². The van der Waals surface area contributed by atoms with Crippen LogP contribution >= 0.6 is 12.4 Å². The first-order valence-corrected chi connectivity index (χ1v) is 8.48. The van der Waals surface area contributed by atoms with Gasteiger partial charge in [-0.15, -0.1) is 12.4 Å². The molecule has 2 aliphatic heterocycles. The van der Waals surface area contributed by atoms with Gasteiger partial charge in [-0.05, 0) is 43.9 Å². The van der Waals surface area contributed by atoms with E-state index >= 15 is 0 Å². The lowest BCUT2D eigenvalue weighted by Gasteiger charge is -2.27. The molecule has 2 aliphatic rings. The zero-order valence-corrected chi connectivity index (χ0v) is 15.4. The molecule has 2 saturated heterocycles. The first-order valence-electron chi connectivity index (χ1n) is 8.48. The number of likely N-dealkylation sites (tertiary alicyclic amines) is 2. The van der Waals surface area contributed by atoms with E-state index in [1.54, 1.807) is 0 Å². The number of nitrogens with one attached hydrogen (secondary N) is 1. The molecule has 2 fully saturated rings. The van der Waals surface area contributed by atoms with E-state index in [4.69, 9.17) is 0 Å². The van der Waals surface area contributed by atoms with Crippen LogP contribution in [-0.2, 0) is 6.54 Å². The Labute approximate surface area is 149 Å². The van der Waals surface area contributed by atoms with Crippen molar-refractivity contribution in [3.63, 3.8) is 0 Å². The fourth-order valence-corrected chi connectivity index (χ4v) is 4.53. The number of H-pyrrole nitrogens is 1. The SMILES string of the molecule is Cc1nc(CN2C[C@@H]3CN(C)[C@@H](c4ccccc4C)[C@@H]3C2)n[nH]1.Cl. The van der Waals surface area contributed by atoms with Crippen LogP contribution in [0.1, 0.15) is 28.8 Å². The summed E-state index contributed by atoms with van der Waals surface area (Å²) in [7, 11) is 2.28. The average Bonchev–Trinajstić information content (AvgIpc) is 3.15. The molecule has 2 aromatic rings. The first kappa shape index (κ1) is 17.4. The third kappa shape index (κ3) is 3.08. The molecule has 0 saturated carbocycles. The van der Waals surface area contributed by atoms with E-state index in [0.29, 0.717) is 12.0 Å². The Morgan fingerprint density at radius 2 is 1.96 bits per heavy atom. The number of aromatic nitrogens is 3. The minimum absolute atomic E-state index is 0. The number of fused-ring (bicyclic) bond motifs is 1. The Kier molecular flexibility index (Phi) is 4.95. The lowest BCUT2D eigenvalue weighted by molar-refractivity contribution is 0.221.